The molecule has 2 saturated heterocycles. The van der Waals surface area contributed by atoms with Gasteiger partial charge in [-0.05, 0) is 53.4 Å². The van der Waals surface area contributed by atoms with Gasteiger partial charge in [0.25, 0.3) is 5.91 Å². The van der Waals surface area contributed by atoms with E-state index in [4.69, 9.17) is 9.72 Å². The Balaban J connectivity index is 1.36. The van der Waals surface area contributed by atoms with Gasteiger partial charge in [-0.25, -0.2) is 0 Å². The standard InChI is InChI=1S/C30H29N3O2/c1-21-17-27(26-10-6-5-9-25(26)22-7-3-2-4-8-22)28-18-23(11-12-29(28)31-21)30(34)33-15-13-32(14-16-33)24-19-35-20-24/h2-12,17-18,24H,13-16,19-20H2,1H3. The van der Waals surface area contributed by atoms with E-state index in [9.17, 15) is 4.79 Å². The van der Waals surface area contributed by atoms with Crippen LogP contribution in [0.25, 0.3) is 33.2 Å². The number of aryl methyl sites for hydroxylation is 1. The molecular weight excluding hydrogens is 434 g/mol. The third-order valence-corrected chi connectivity index (χ3v) is 7.22. The van der Waals surface area contributed by atoms with Crippen LogP contribution in [0.15, 0.2) is 78.9 Å². The van der Waals surface area contributed by atoms with Gasteiger partial charge in [-0.2, -0.15) is 0 Å². The second-order valence-electron chi connectivity index (χ2n) is 9.47. The van der Waals surface area contributed by atoms with E-state index in [0.717, 1.165) is 72.7 Å². The number of hydrogen-bond acceptors (Lipinski definition) is 4. The van der Waals surface area contributed by atoms with Crippen LogP contribution in [-0.2, 0) is 4.74 Å². The van der Waals surface area contributed by atoms with E-state index in [0.29, 0.717) is 6.04 Å². The predicted molar refractivity (Wildman–Crippen MR) is 139 cm³/mol. The minimum Gasteiger partial charge on any atom is -0.378 e. The van der Waals surface area contributed by atoms with Crippen LogP contribution in [0.3, 0.4) is 0 Å². The molecule has 35 heavy (non-hydrogen) atoms. The van der Waals surface area contributed by atoms with Crippen molar-refractivity contribution < 1.29 is 9.53 Å². The van der Waals surface area contributed by atoms with Crippen molar-refractivity contribution in [2.45, 2.75) is 13.0 Å². The van der Waals surface area contributed by atoms with Crippen LogP contribution in [0.2, 0.25) is 0 Å². The van der Waals surface area contributed by atoms with Gasteiger partial charge in [0.1, 0.15) is 0 Å². The summed E-state index contributed by atoms with van der Waals surface area (Å²) in [5.41, 5.74) is 7.20. The summed E-state index contributed by atoms with van der Waals surface area (Å²) in [5.74, 6) is 0.0966. The minimum absolute atomic E-state index is 0.0966. The molecule has 5 nitrogen and oxygen atoms in total. The molecule has 3 heterocycles. The number of hydrogen-bond donors (Lipinski definition) is 0. The fourth-order valence-corrected chi connectivity index (χ4v) is 5.21. The lowest BCUT2D eigenvalue weighted by Gasteiger charge is -2.42. The van der Waals surface area contributed by atoms with Crippen molar-refractivity contribution in [3.8, 4) is 22.3 Å². The molecule has 0 atom stereocenters. The van der Waals surface area contributed by atoms with Crippen LogP contribution in [-0.4, -0.2) is 66.1 Å². The van der Waals surface area contributed by atoms with E-state index < -0.39 is 0 Å². The maximum absolute atomic E-state index is 13.5. The van der Waals surface area contributed by atoms with Crippen molar-refractivity contribution >= 4 is 16.8 Å². The van der Waals surface area contributed by atoms with E-state index in [-0.39, 0.29) is 5.91 Å². The molecule has 1 aromatic heterocycles. The number of carbonyl (C=O) groups excluding carboxylic acids is 1. The highest BCUT2D eigenvalue weighted by atomic mass is 16.5. The normalized spacial score (nSPS) is 16.9. The van der Waals surface area contributed by atoms with Crippen LogP contribution in [0.1, 0.15) is 16.1 Å². The molecule has 3 aromatic carbocycles. The average molecular weight is 464 g/mol. The number of aromatic nitrogens is 1. The quantitative estimate of drug-likeness (QED) is 0.426. The molecule has 176 valence electrons. The minimum atomic E-state index is 0.0966. The molecule has 2 aliphatic rings. The highest BCUT2D eigenvalue weighted by Gasteiger charge is 2.30. The molecule has 5 heteroatoms. The first-order valence-corrected chi connectivity index (χ1v) is 12.3. The van der Waals surface area contributed by atoms with Gasteiger partial charge >= 0.3 is 0 Å². The number of benzene rings is 3. The lowest BCUT2D eigenvalue weighted by Crippen LogP contribution is -2.57. The second-order valence-corrected chi connectivity index (χ2v) is 9.47. The Kier molecular flexibility index (Phi) is 5.80. The molecule has 1 amide bonds. The predicted octanol–water partition coefficient (Wildman–Crippen LogP) is 5.03. The highest BCUT2D eigenvalue weighted by Crippen LogP contribution is 2.36. The van der Waals surface area contributed by atoms with Gasteiger partial charge in [0, 0.05) is 42.8 Å². The summed E-state index contributed by atoms with van der Waals surface area (Å²) in [6.07, 6.45) is 0. The van der Waals surface area contributed by atoms with E-state index in [1.54, 1.807) is 0 Å². The molecule has 0 radical (unpaired) electrons. The largest absolute Gasteiger partial charge is 0.378 e. The number of piperazine rings is 1. The molecule has 0 aliphatic carbocycles. The Morgan fingerprint density at radius 1 is 0.829 bits per heavy atom. The number of fused-ring (bicyclic) bond motifs is 1. The topological polar surface area (TPSA) is 45.7 Å². The Labute approximate surface area is 206 Å². The maximum atomic E-state index is 13.5. The van der Waals surface area contributed by atoms with Gasteiger partial charge in [-0.15, -0.1) is 0 Å². The van der Waals surface area contributed by atoms with Gasteiger partial charge in [0.2, 0.25) is 0 Å². The fourth-order valence-electron chi connectivity index (χ4n) is 5.21. The lowest BCUT2D eigenvalue weighted by molar-refractivity contribution is -0.0746. The summed E-state index contributed by atoms with van der Waals surface area (Å²) in [6.45, 7) is 6.98. The lowest BCUT2D eigenvalue weighted by atomic mass is 9.91. The molecule has 0 saturated carbocycles. The van der Waals surface area contributed by atoms with Crippen LogP contribution in [0.4, 0.5) is 0 Å². The van der Waals surface area contributed by atoms with E-state index >= 15 is 0 Å². The SMILES string of the molecule is Cc1cc(-c2ccccc2-c2ccccc2)c2cc(C(=O)N3CCN(C4COC4)CC3)ccc2n1. The Hall–Kier alpha value is -3.54. The van der Waals surface area contributed by atoms with Crippen LogP contribution in [0.5, 0.6) is 0 Å². The average Bonchev–Trinajstić information content (AvgIpc) is 2.87. The van der Waals surface area contributed by atoms with Gasteiger partial charge in [0.15, 0.2) is 0 Å². The molecule has 6 rings (SSSR count). The number of ether oxygens (including phenoxy) is 1. The van der Waals surface area contributed by atoms with E-state index in [2.05, 4.69) is 59.5 Å². The zero-order valence-corrected chi connectivity index (χ0v) is 20.0. The Bertz CT molecular complexity index is 1370. The van der Waals surface area contributed by atoms with Gasteiger partial charge in [-0.1, -0.05) is 54.6 Å². The first kappa shape index (κ1) is 22.0. The smallest absolute Gasteiger partial charge is 0.253 e. The number of nitrogens with zero attached hydrogens (tertiary/aromatic N) is 3. The van der Waals surface area contributed by atoms with Crippen molar-refractivity contribution in [1.82, 2.24) is 14.8 Å². The third kappa shape index (κ3) is 4.22. The van der Waals surface area contributed by atoms with E-state index in [1.807, 2.05) is 36.1 Å². The summed E-state index contributed by atoms with van der Waals surface area (Å²) in [7, 11) is 0. The molecule has 2 aliphatic heterocycles. The zero-order chi connectivity index (χ0) is 23.8. The number of pyridine rings is 1. The van der Waals surface area contributed by atoms with Gasteiger partial charge in [0.05, 0.1) is 24.8 Å². The third-order valence-electron chi connectivity index (χ3n) is 7.22. The molecular formula is C30H29N3O2. The molecule has 2 fully saturated rings. The van der Waals surface area contributed by atoms with E-state index in [1.165, 1.54) is 11.1 Å². The second kappa shape index (κ2) is 9.25. The van der Waals surface area contributed by atoms with Crippen molar-refractivity contribution in [1.29, 1.82) is 0 Å². The monoisotopic (exact) mass is 463 g/mol. The number of carbonyl (C=O) groups is 1. The van der Waals surface area contributed by atoms with Crippen molar-refractivity contribution in [2.75, 3.05) is 39.4 Å². The number of amides is 1. The summed E-state index contributed by atoms with van der Waals surface area (Å²) < 4.78 is 5.34. The van der Waals surface area contributed by atoms with Gasteiger partial charge in [-0.3, -0.25) is 14.7 Å². The highest BCUT2D eigenvalue weighted by molar-refractivity contribution is 6.04. The molecule has 0 bridgehead atoms. The summed E-state index contributed by atoms with van der Waals surface area (Å²) >= 11 is 0. The van der Waals surface area contributed by atoms with Crippen molar-refractivity contribution in [2.24, 2.45) is 0 Å². The first-order valence-electron chi connectivity index (χ1n) is 12.3. The molecule has 0 spiro atoms. The van der Waals surface area contributed by atoms with Crippen molar-refractivity contribution in [3.63, 3.8) is 0 Å². The first-order chi connectivity index (χ1) is 17.2. The summed E-state index contributed by atoms with van der Waals surface area (Å²) in [5, 5.41) is 1.01. The van der Waals surface area contributed by atoms with Crippen LogP contribution < -0.4 is 0 Å². The molecule has 4 aromatic rings. The fraction of sp³-hybridized carbons (Fsp3) is 0.267. The van der Waals surface area contributed by atoms with Gasteiger partial charge < -0.3 is 9.64 Å². The Morgan fingerprint density at radius 3 is 2.26 bits per heavy atom. The summed E-state index contributed by atoms with van der Waals surface area (Å²) in [4.78, 5) is 22.7. The molecule has 0 N–H and O–H groups in total. The maximum Gasteiger partial charge on any atom is 0.253 e. The van der Waals surface area contributed by atoms with Crippen LogP contribution in [0, 0.1) is 6.92 Å². The molecule has 0 unspecified atom stereocenters. The summed E-state index contributed by atoms with van der Waals surface area (Å²) in [6, 6.07) is 27.5. The zero-order valence-electron chi connectivity index (χ0n) is 20.0. The van der Waals surface area contributed by atoms with Crippen LogP contribution >= 0.6 is 0 Å². The van der Waals surface area contributed by atoms with Crippen molar-refractivity contribution in [3.05, 3.63) is 90.1 Å². The number of rotatable bonds is 4. The Morgan fingerprint density at radius 2 is 1.54 bits per heavy atom.